The molecule has 2 aromatic rings. The fourth-order valence-corrected chi connectivity index (χ4v) is 2.80. The summed E-state index contributed by atoms with van der Waals surface area (Å²) >= 11 is 0. The van der Waals surface area contributed by atoms with Gasteiger partial charge in [0.1, 0.15) is 0 Å². The molecular formula is C17H16O4. The molecule has 0 radical (unpaired) electrons. The van der Waals surface area contributed by atoms with Crippen LogP contribution in [-0.4, -0.2) is 18.9 Å². The van der Waals surface area contributed by atoms with Crippen molar-refractivity contribution in [1.29, 1.82) is 0 Å². The zero-order valence-electron chi connectivity index (χ0n) is 11.8. The van der Waals surface area contributed by atoms with Gasteiger partial charge in [0.2, 0.25) is 11.5 Å². The average Bonchev–Trinajstić information content (AvgIpc) is 3.03. The predicted molar refractivity (Wildman–Crippen MR) is 76.3 cm³/mol. The van der Waals surface area contributed by atoms with Gasteiger partial charge in [-0.1, -0.05) is 24.3 Å². The van der Waals surface area contributed by atoms with Crippen LogP contribution in [0.4, 0.5) is 0 Å². The third-order valence-electron chi connectivity index (χ3n) is 3.95. The molecule has 0 saturated heterocycles. The molecule has 1 heterocycles. The number of Topliss-reactive ketones (excluding diaryl/α,β-unsaturated/α-hetero) is 1. The molecular weight excluding hydrogens is 268 g/mol. The van der Waals surface area contributed by atoms with Crippen LogP contribution >= 0.6 is 0 Å². The number of fused-ring (bicyclic) bond motifs is 1. The topological polar surface area (TPSA) is 56.5 Å². The molecule has 21 heavy (non-hydrogen) atoms. The molecule has 0 fully saturated rings. The van der Waals surface area contributed by atoms with E-state index in [1.807, 2.05) is 12.1 Å². The third-order valence-corrected chi connectivity index (χ3v) is 3.95. The zero-order valence-corrected chi connectivity index (χ0v) is 11.8. The second-order valence-electron chi connectivity index (χ2n) is 5.23. The molecule has 108 valence electrons. The molecule has 1 aliphatic rings. The summed E-state index contributed by atoms with van der Waals surface area (Å²) in [4.78, 5) is 23.8. The van der Waals surface area contributed by atoms with E-state index in [0.717, 1.165) is 19.3 Å². The van der Waals surface area contributed by atoms with E-state index in [1.165, 1.54) is 24.3 Å². The maximum absolute atomic E-state index is 12.5. The van der Waals surface area contributed by atoms with Gasteiger partial charge >= 0.3 is 5.97 Å². The summed E-state index contributed by atoms with van der Waals surface area (Å²) in [6.07, 6.45) is 2.44. The lowest BCUT2D eigenvalue weighted by molar-refractivity contribution is 0.0562. The van der Waals surface area contributed by atoms with Crippen LogP contribution in [0.15, 0.2) is 40.8 Å². The maximum Gasteiger partial charge on any atom is 0.373 e. The first-order valence-corrected chi connectivity index (χ1v) is 6.98. The molecule has 3 rings (SSSR count). The van der Waals surface area contributed by atoms with Crippen molar-refractivity contribution in [2.45, 2.75) is 19.3 Å². The van der Waals surface area contributed by atoms with Crippen molar-refractivity contribution in [1.82, 2.24) is 0 Å². The molecule has 1 aromatic heterocycles. The Bertz CT molecular complexity index is 684. The second-order valence-corrected chi connectivity index (χ2v) is 5.23. The van der Waals surface area contributed by atoms with E-state index in [4.69, 9.17) is 4.42 Å². The van der Waals surface area contributed by atoms with E-state index in [-0.39, 0.29) is 23.2 Å². The minimum atomic E-state index is -0.567. The van der Waals surface area contributed by atoms with E-state index >= 15 is 0 Å². The van der Waals surface area contributed by atoms with Crippen molar-refractivity contribution in [3.63, 3.8) is 0 Å². The Kier molecular flexibility index (Phi) is 3.60. The molecule has 0 N–H and O–H groups in total. The molecule has 0 amide bonds. The Balaban J connectivity index is 1.77. The van der Waals surface area contributed by atoms with Gasteiger partial charge in [-0.3, -0.25) is 4.79 Å². The Morgan fingerprint density at radius 3 is 2.57 bits per heavy atom. The average molecular weight is 284 g/mol. The van der Waals surface area contributed by atoms with Crippen LogP contribution in [-0.2, 0) is 17.6 Å². The fraction of sp³-hybridized carbons (Fsp3) is 0.294. The van der Waals surface area contributed by atoms with E-state index < -0.39 is 5.97 Å². The highest BCUT2D eigenvalue weighted by molar-refractivity contribution is 5.97. The standard InChI is InChI=1S/C17H16O4/c1-20-17(19)15-9-8-14(21-15)16(18)13-7-6-11-4-2-3-5-12(11)10-13/h2-5,8-9,13H,6-7,10H2,1H3. The van der Waals surface area contributed by atoms with Crippen molar-refractivity contribution < 1.29 is 18.7 Å². The van der Waals surface area contributed by atoms with E-state index in [1.54, 1.807) is 6.07 Å². The summed E-state index contributed by atoms with van der Waals surface area (Å²) in [6, 6.07) is 11.2. The number of carbonyl (C=O) groups is 2. The Morgan fingerprint density at radius 2 is 1.81 bits per heavy atom. The van der Waals surface area contributed by atoms with Gasteiger partial charge in [-0.2, -0.15) is 0 Å². The lowest BCUT2D eigenvalue weighted by Crippen LogP contribution is -2.22. The summed E-state index contributed by atoms with van der Waals surface area (Å²) in [6.45, 7) is 0. The summed E-state index contributed by atoms with van der Waals surface area (Å²) in [7, 11) is 1.28. The number of rotatable bonds is 3. The van der Waals surface area contributed by atoms with Gasteiger partial charge in [-0.05, 0) is 42.5 Å². The Labute approximate surface area is 122 Å². The summed E-state index contributed by atoms with van der Waals surface area (Å²) in [5, 5.41) is 0. The van der Waals surface area contributed by atoms with Gasteiger partial charge in [-0.15, -0.1) is 0 Å². The van der Waals surface area contributed by atoms with E-state index in [0.29, 0.717) is 0 Å². The van der Waals surface area contributed by atoms with Crippen LogP contribution in [0.25, 0.3) is 0 Å². The minimum Gasteiger partial charge on any atom is -0.463 e. The Hall–Kier alpha value is -2.36. The van der Waals surface area contributed by atoms with Gasteiger partial charge < -0.3 is 9.15 Å². The maximum atomic E-state index is 12.5. The highest BCUT2D eigenvalue weighted by Crippen LogP contribution is 2.28. The molecule has 1 aliphatic carbocycles. The van der Waals surface area contributed by atoms with Gasteiger partial charge in [0.15, 0.2) is 5.76 Å². The van der Waals surface area contributed by atoms with E-state index in [2.05, 4.69) is 16.9 Å². The van der Waals surface area contributed by atoms with Crippen LogP contribution < -0.4 is 0 Å². The number of methoxy groups -OCH3 is 1. The first-order chi connectivity index (χ1) is 10.2. The molecule has 4 heteroatoms. The number of benzene rings is 1. The second kappa shape index (κ2) is 5.56. The van der Waals surface area contributed by atoms with Crippen LogP contribution in [0, 0.1) is 5.92 Å². The quantitative estimate of drug-likeness (QED) is 0.642. The van der Waals surface area contributed by atoms with Crippen molar-refractivity contribution in [2.24, 2.45) is 5.92 Å². The van der Waals surface area contributed by atoms with Crippen molar-refractivity contribution >= 4 is 11.8 Å². The number of carbonyl (C=O) groups excluding carboxylic acids is 2. The van der Waals surface area contributed by atoms with Crippen molar-refractivity contribution in [2.75, 3.05) is 7.11 Å². The molecule has 1 unspecified atom stereocenters. The molecule has 0 bridgehead atoms. The number of hydrogen-bond donors (Lipinski definition) is 0. The SMILES string of the molecule is COC(=O)c1ccc(C(=O)C2CCc3ccccc3C2)o1. The number of ketones is 1. The highest BCUT2D eigenvalue weighted by atomic mass is 16.5. The monoisotopic (exact) mass is 284 g/mol. The zero-order chi connectivity index (χ0) is 14.8. The first kappa shape index (κ1) is 13.6. The van der Waals surface area contributed by atoms with Crippen LogP contribution in [0.2, 0.25) is 0 Å². The largest absolute Gasteiger partial charge is 0.463 e. The number of hydrogen-bond acceptors (Lipinski definition) is 4. The molecule has 4 nitrogen and oxygen atoms in total. The third kappa shape index (κ3) is 2.61. The molecule has 1 atom stereocenters. The van der Waals surface area contributed by atoms with Gasteiger partial charge in [0.25, 0.3) is 0 Å². The van der Waals surface area contributed by atoms with Crippen LogP contribution in [0.5, 0.6) is 0 Å². The normalized spacial score (nSPS) is 17.1. The van der Waals surface area contributed by atoms with Gasteiger partial charge in [0.05, 0.1) is 7.11 Å². The lowest BCUT2D eigenvalue weighted by atomic mass is 9.81. The molecule has 1 aromatic carbocycles. The minimum absolute atomic E-state index is 0.0420. The molecule has 0 spiro atoms. The highest BCUT2D eigenvalue weighted by Gasteiger charge is 2.28. The first-order valence-electron chi connectivity index (χ1n) is 6.98. The van der Waals surface area contributed by atoms with Gasteiger partial charge in [-0.25, -0.2) is 4.79 Å². The summed E-state index contributed by atoms with van der Waals surface area (Å²) < 4.78 is 9.89. The number of ether oxygens (including phenoxy) is 1. The van der Waals surface area contributed by atoms with Crippen molar-refractivity contribution in [3.8, 4) is 0 Å². The fourth-order valence-electron chi connectivity index (χ4n) is 2.80. The smallest absolute Gasteiger partial charge is 0.373 e. The Morgan fingerprint density at radius 1 is 1.10 bits per heavy atom. The molecule has 0 saturated carbocycles. The summed E-state index contributed by atoms with van der Waals surface area (Å²) in [5.74, 6) is -0.393. The van der Waals surface area contributed by atoms with Gasteiger partial charge in [0, 0.05) is 5.92 Å². The molecule has 0 aliphatic heterocycles. The lowest BCUT2D eigenvalue weighted by Gasteiger charge is -2.22. The van der Waals surface area contributed by atoms with E-state index in [9.17, 15) is 9.59 Å². The number of aryl methyl sites for hydroxylation is 1. The number of furan rings is 1. The van der Waals surface area contributed by atoms with Crippen LogP contribution in [0.1, 0.15) is 38.7 Å². The van der Waals surface area contributed by atoms with Crippen LogP contribution in [0.3, 0.4) is 0 Å². The number of esters is 1. The predicted octanol–water partition coefficient (Wildman–Crippen LogP) is 3.05. The van der Waals surface area contributed by atoms with Crippen molar-refractivity contribution in [3.05, 3.63) is 59.0 Å². The summed E-state index contributed by atoms with van der Waals surface area (Å²) in [5.41, 5.74) is 2.54.